The van der Waals surface area contributed by atoms with Gasteiger partial charge in [0.25, 0.3) is 5.91 Å². The number of hydrogen-bond donors (Lipinski definition) is 0. The molecule has 0 spiro atoms. The van der Waals surface area contributed by atoms with Gasteiger partial charge in [-0.1, -0.05) is 0 Å². The summed E-state index contributed by atoms with van der Waals surface area (Å²) in [6.45, 7) is 4.07. The van der Waals surface area contributed by atoms with E-state index in [2.05, 4.69) is 14.9 Å². The number of carbonyl (C=O) groups is 1. The largest absolute Gasteiger partial charge is 0.336 e. The van der Waals surface area contributed by atoms with Crippen LogP contribution in [0.4, 0.5) is 0 Å². The lowest BCUT2D eigenvalue weighted by Crippen LogP contribution is -2.37. The summed E-state index contributed by atoms with van der Waals surface area (Å²) in [5, 5.41) is 0. The number of hydrogen-bond acceptors (Lipinski definition) is 4. The van der Waals surface area contributed by atoms with Crippen molar-refractivity contribution in [2.75, 3.05) is 26.2 Å². The molecule has 1 aromatic rings. The lowest BCUT2D eigenvalue weighted by atomic mass is 10.2. The van der Waals surface area contributed by atoms with Crippen molar-refractivity contribution in [3.63, 3.8) is 0 Å². The third-order valence-corrected chi connectivity index (χ3v) is 3.89. The Hall–Kier alpha value is -1.49. The van der Waals surface area contributed by atoms with Crippen molar-refractivity contribution in [1.29, 1.82) is 0 Å². The number of amides is 1. The lowest BCUT2D eigenvalue weighted by molar-refractivity contribution is 0.0774. The molecule has 0 aromatic carbocycles. The molecule has 96 valence electrons. The van der Waals surface area contributed by atoms with Gasteiger partial charge in [0.05, 0.1) is 6.20 Å². The fourth-order valence-corrected chi connectivity index (χ4v) is 2.90. The quantitative estimate of drug-likeness (QED) is 0.774. The van der Waals surface area contributed by atoms with Gasteiger partial charge in [-0.3, -0.25) is 14.7 Å². The summed E-state index contributed by atoms with van der Waals surface area (Å²) in [7, 11) is 0. The first kappa shape index (κ1) is 11.6. The van der Waals surface area contributed by atoms with E-state index in [0.717, 1.165) is 19.5 Å². The van der Waals surface area contributed by atoms with Crippen LogP contribution in [-0.2, 0) is 0 Å². The van der Waals surface area contributed by atoms with Gasteiger partial charge in [0.1, 0.15) is 5.69 Å². The molecule has 1 amide bonds. The van der Waals surface area contributed by atoms with Crippen LogP contribution in [0.5, 0.6) is 0 Å². The number of carbonyl (C=O) groups excluding carboxylic acids is 1. The average Bonchev–Trinajstić information content (AvgIpc) is 3.09. The number of rotatable bonds is 2. The van der Waals surface area contributed by atoms with E-state index in [0.29, 0.717) is 11.7 Å². The fraction of sp³-hybridized carbons (Fsp3) is 0.615. The molecule has 0 bridgehead atoms. The zero-order valence-corrected chi connectivity index (χ0v) is 10.5. The Balaban J connectivity index is 1.63. The van der Waals surface area contributed by atoms with Crippen LogP contribution >= 0.6 is 0 Å². The highest BCUT2D eigenvalue weighted by Gasteiger charge is 2.32. The van der Waals surface area contributed by atoms with E-state index in [9.17, 15) is 4.79 Å². The van der Waals surface area contributed by atoms with Crippen molar-refractivity contribution in [2.45, 2.75) is 25.3 Å². The molecule has 18 heavy (non-hydrogen) atoms. The molecule has 0 N–H and O–H groups in total. The highest BCUT2D eigenvalue weighted by atomic mass is 16.2. The molecule has 2 saturated heterocycles. The Morgan fingerprint density at radius 3 is 2.78 bits per heavy atom. The van der Waals surface area contributed by atoms with Crippen molar-refractivity contribution >= 4 is 5.91 Å². The van der Waals surface area contributed by atoms with Gasteiger partial charge in [0.15, 0.2) is 0 Å². The predicted molar refractivity (Wildman–Crippen MR) is 67.1 cm³/mol. The smallest absolute Gasteiger partial charge is 0.274 e. The number of aromatic nitrogens is 2. The minimum Gasteiger partial charge on any atom is -0.336 e. The van der Waals surface area contributed by atoms with E-state index < -0.39 is 0 Å². The first-order valence-corrected chi connectivity index (χ1v) is 6.64. The van der Waals surface area contributed by atoms with Gasteiger partial charge in [-0.2, -0.15) is 0 Å². The maximum absolute atomic E-state index is 12.2. The van der Waals surface area contributed by atoms with Crippen LogP contribution in [0.15, 0.2) is 18.6 Å². The predicted octanol–water partition coefficient (Wildman–Crippen LogP) is 0.787. The molecule has 5 heteroatoms. The molecule has 3 heterocycles. The molecule has 0 saturated carbocycles. The second kappa shape index (κ2) is 5.02. The van der Waals surface area contributed by atoms with E-state index in [1.54, 1.807) is 18.6 Å². The molecule has 1 unspecified atom stereocenters. The average molecular weight is 246 g/mol. The van der Waals surface area contributed by atoms with Crippen molar-refractivity contribution in [2.24, 2.45) is 0 Å². The summed E-state index contributed by atoms with van der Waals surface area (Å²) in [5.74, 6) is 0.0183. The van der Waals surface area contributed by atoms with Crippen LogP contribution < -0.4 is 0 Å². The summed E-state index contributed by atoms with van der Waals surface area (Å²) in [6, 6.07) is 0.549. The lowest BCUT2D eigenvalue weighted by Gasteiger charge is -2.23. The third kappa shape index (κ3) is 2.22. The second-order valence-corrected chi connectivity index (χ2v) is 5.03. The van der Waals surface area contributed by atoms with Crippen LogP contribution in [0, 0.1) is 0 Å². The van der Waals surface area contributed by atoms with E-state index in [1.165, 1.54) is 25.9 Å². The number of likely N-dealkylation sites (tertiary alicyclic amines) is 2. The maximum Gasteiger partial charge on any atom is 0.274 e. The zero-order chi connectivity index (χ0) is 12.4. The summed E-state index contributed by atoms with van der Waals surface area (Å²) in [5.41, 5.74) is 0.458. The number of nitrogens with zero attached hydrogens (tertiary/aromatic N) is 4. The summed E-state index contributed by atoms with van der Waals surface area (Å²) >= 11 is 0. The third-order valence-electron chi connectivity index (χ3n) is 3.89. The van der Waals surface area contributed by atoms with Gasteiger partial charge in [-0.15, -0.1) is 0 Å². The van der Waals surface area contributed by atoms with E-state index >= 15 is 0 Å². The monoisotopic (exact) mass is 246 g/mol. The topological polar surface area (TPSA) is 49.3 Å². The van der Waals surface area contributed by atoms with E-state index in [4.69, 9.17) is 0 Å². The van der Waals surface area contributed by atoms with Gasteiger partial charge in [0, 0.05) is 31.5 Å². The fourth-order valence-electron chi connectivity index (χ4n) is 2.90. The minimum atomic E-state index is 0.0183. The standard InChI is InChI=1S/C13H18N4O/c18-13(12-9-14-4-5-15-12)17-8-3-11(10-17)16-6-1-2-7-16/h4-5,9,11H,1-3,6-8,10H2. The normalized spacial score (nSPS) is 24.7. The highest BCUT2D eigenvalue weighted by molar-refractivity contribution is 5.92. The SMILES string of the molecule is O=C(c1cnccn1)N1CCC(N2CCCC2)C1. The molecule has 2 fully saturated rings. The van der Waals surface area contributed by atoms with Crippen LogP contribution in [0.1, 0.15) is 29.8 Å². The Morgan fingerprint density at radius 1 is 1.22 bits per heavy atom. The first-order chi connectivity index (χ1) is 8.84. The second-order valence-electron chi connectivity index (χ2n) is 5.03. The van der Waals surface area contributed by atoms with Crippen LogP contribution in [0.25, 0.3) is 0 Å². The molecular weight excluding hydrogens is 228 g/mol. The van der Waals surface area contributed by atoms with Crippen LogP contribution in [0.2, 0.25) is 0 Å². The molecule has 2 aliphatic rings. The Morgan fingerprint density at radius 2 is 2.06 bits per heavy atom. The van der Waals surface area contributed by atoms with Crippen molar-refractivity contribution < 1.29 is 4.79 Å². The summed E-state index contributed by atoms with van der Waals surface area (Å²) in [6.07, 6.45) is 8.40. The van der Waals surface area contributed by atoms with Crippen LogP contribution in [0.3, 0.4) is 0 Å². The van der Waals surface area contributed by atoms with Crippen LogP contribution in [-0.4, -0.2) is 57.9 Å². The molecule has 5 nitrogen and oxygen atoms in total. The Labute approximate surface area is 107 Å². The summed E-state index contributed by atoms with van der Waals surface area (Å²) in [4.78, 5) is 24.7. The van der Waals surface area contributed by atoms with Crippen molar-refractivity contribution in [3.8, 4) is 0 Å². The summed E-state index contributed by atoms with van der Waals surface area (Å²) < 4.78 is 0. The molecule has 2 aliphatic heterocycles. The highest BCUT2D eigenvalue weighted by Crippen LogP contribution is 2.21. The first-order valence-electron chi connectivity index (χ1n) is 6.64. The molecular formula is C13H18N4O. The molecule has 3 rings (SSSR count). The van der Waals surface area contributed by atoms with Crippen molar-refractivity contribution in [3.05, 3.63) is 24.3 Å². The van der Waals surface area contributed by atoms with Gasteiger partial charge in [-0.05, 0) is 32.4 Å². The molecule has 1 atom stereocenters. The van der Waals surface area contributed by atoms with E-state index in [1.807, 2.05) is 4.90 Å². The van der Waals surface area contributed by atoms with Gasteiger partial charge in [-0.25, -0.2) is 4.98 Å². The van der Waals surface area contributed by atoms with Gasteiger partial charge in [0.2, 0.25) is 0 Å². The Kier molecular flexibility index (Phi) is 3.23. The molecule has 1 aromatic heterocycles. The van der Waals surface area contributed by atoms with Gasteiger partial charge < -0.3 is 4.90 Å². The Bertz CT molecular complexity index is 416. The van der Waals surface area contributed by atoms with E-state index in [-0.39, 0.29) is 5.91 Å². The zero-order valence-electron chi connectivity index (χ0n) is 10.5. The van der Waals surface area contributed by atoms with Crippen molar-refractivity contribution in [1.82, 2.24) is 19.8 Å². The maximum atomic E-state index is 12.2. The minimum absolute atomic E-state index is 0.0183. The molecule has 0 radical (unpaired) electrons. The van der Waals surface area contributed by atoms with Gasteiger partial charge >= 0.3 is 0 Å². The molecule has 0 aliphatic carbocycles.